The summed E-state index contributed by atoms with van der Waals surface area (Å²) in [5.41, 5.74) is 5.38. The molecule has 0 aromatic carbocycles. The number of hydrogen-bond acceptors (Lipinski definition) is 7. The van der Waals surface area contributed by atoms with E-state index in [2.05, 4.69) is 86.8 Å². The molecule has 0 aliphatic heterocycles. The minimum atomic E-state index is -4.31. The first kappa shape index (κ1) is 59.7. The van der Waals surface area contributed by atoms with Crippen LogP contribution in [0.2, 0.25) is 0 Å². The van der Waals surface area contributed by atoms with Crippen LogP contribution in [0.4, 0.5) is 0 Å². The van der Waals surface area contributed by atoms with Crippen LogP contribution in [0, 0.1) is 0 Å². The third-order valence-corrected chi connectivity index (χ3v) is 11.3. The van der Waals surface area contributed by atoms with E-state index in [0.717, 1.165) is 51.4 Å². The lowest BCUT2D eigenvalue weighted by Crippen LogP contribution is -2.28. The van der Waals surface area contributed by atoms with Crippen LogP contribution in [0.15, 0.2) is 85.1 Å². The monoisotopic (exact) mass is 888 g/mol. The number of allylic oxidation sites excluding steroid dienone is 14. The third kappa shape index (κ3) is 48.7. The smallest absolute Gasteiger partial charge is 0.457 e. The highest BCUT2D eigenvalue weighted by Gasteiger charge is 2.25. The second kappa shape index (κ2) is 49.7. The van der Waals surface area contributed by atoms with Crippen molar-refractivity contribution in [2.45, 2.75) is 213 Å². The maximum atomic E-state index is 12.6. The second-order valence-electron chi connectivity index (χ2n) is 16.3. The zero-order valence-corrected chi connectivity index (χ0v) is 40.7. The first-order valence-electron chi connectivity index (χ1n) is 25.1. The SMILES string of the molecule is CC/C=C\C/C=C\C/C=C\C/C=C\C/C=C\C/C=C\CCC(=O)OC(COCCCCCCCCCCCCCC/C=C\CCCCCCCCCC)COP(=O)(O)OCCN. The van der Waals surface area contributed by atoms with Gasteiger partial charge in [-0.05, 0) is 77.0 Å². The van der Waals surface area contributed by atoms with E-state index >= 15 is 0 Å². The standard InChI is InChI=1S/C53H94NO7P/c1-3-5-7-9-11-13-15-17-19-21-23-24-25-26-27-29-31-33-35-37-39-41-43-45-48-58-50-52(51-60-62(56,57)59-49-47-54)61-53(55)46-44-42-40-38-36-34-32-30-28-22-20-18-16-14-12-10-8-6-4-2/h6,8,12,14,18,20-21,23,28,30,34,36,40,42,52H,3-5,7,9-11,13,15-17,19,22,24-27,29,31-33,35,37-39,41,43-51,54H2,1-2H3,(H,56,57)/b8-6-,14-12-,20-18-,23-21-,30-28-,36-34-,42-40-. The molecule has 0 aliphatic carbocycles. The van der Waals surface area contributed by atoms with Crippen molar-refractivity contribution < 1.29 is 32.8 Å². The molecular weight excluding hydrogens is 794 g/mol. The first-order valence-corrected chi connectivity index (χ1v) is 26.6. The van der Waals surface area contributed by atoms with Crippen LogP contribution in [0.1, 0.15) is 206 Å². The van der Waals surface area contributed by atoms with E-state index in [1.165, 1.54) is 128 Å². The molecule has 0 heterocycles. The van der Waals surface area contributed by atoms with Crippen molar-refractivity contribution in [2.24, 2.45) is 5.73 Å². The number of carbonyl (C=O) groups is 1. The average molecular weight is 888 g/mol. The van der Waals surface area contributed by atoms with E-state index in [1.807, 2.05) is 12.2 Å². The van der Waals surface area contributed by atoms with Crippen molar-refractivity contribution in [1.29, 1.82) is 0 Å². The van der Waals surface area contributed by atoms with Crippen molar-refractivity contribution in [3.63, 3.8) is 0 Å². The van der Waals surface area contributed by atoms with E-state index in [0.29, 0.717) is 13.0 Å². The van der Waals surface area contributed by atoms with Gasteiger partial charge in [-0.1, -0.05) is 208 Å². The van der Waals surface area contributed by atoms with Gasteiger partial charge in [-0.3, -0.25) is 13.8 Å². The molecule has 0 spiro atoms. The summed E-state index contributed by atoms with van der Waals surface area (Å²) >= 11 is 0. The van der Waals surface area contributed by atoms with Crippen LogP contribution in [0.3, 0.4) is 0 Å². The Bertz CT molecular complexity index is 1220. The van der Waals surface area contributed by atoms with Gasteiger partial charge in [0, 0.05) is 19.6 Å². The predicted octanol–water partition coefficient (Wildman–Crippen LogP) is 15.6. The Labute approximate surface area is 381 Å². The largest absolute Gasteiger partial charge is 0.472 e. The molecule has 62 heavy (non-hydrogen) atoms. The van der Waals surface area contributed by atoms with Crippen LogP contribution >= 0.6 is 7.82 Å². The van der Waals surface area contributed by atoms with Crippen molar-refractivity contribution in [2.75, 3.05) is 33.0 Å². The molecule has 0 amide bonds. The molecule has 0 aliphatic rings. The highest BCUT2D eigenvalue weighted by molar-refractivity contribution is 7.47. The van der Waals surface area contributed by atoms with Gasteiger partial charge in [0.15, 0.2) is 0 Å². The summed E-state index contributed by atoms with van der Waals surface area (Å²) in [4.78, 5) is 22.5. The zero-order chi connectivity index (χ0) is 45.1. The van der Waals surface area contributed by atoms with Gasteiger partial charge in [0.1, 0.15) is 6.10 Å². The Hall–Kier alpha value is -2.32. The lowest BCUT2D eigenvalue weighted by atomic mass is 10.0. The normalized spacial score (nSPS) is 14.1. The van der Waals surface area contributed by atoms with Crippen molar-refractivity contribution in [3.05, 3.63) is 85.1 Å². The van der Waals surface area contributed by atoms with Gasteiger partial charge in [-0.15, -0.1) is 0 Å². The Kier molecular flexibility index (Phi) is 47.8. The number of phosphoric acid groups is 1. The van der Waals surface area contributed by atoms with Crippen LogP contribution in [-0.2, 0) is 27.9 Å². The fraction of sp³-hybridized carbons (Fsp3) is 0.717. The fourth-order valence-electron chi connectivity index (χ4n) is 6.67. The van der Waals surface area contributed by atoms with Gasteiger partial charge in [-0.2, -0.15) is 0 Å². The molecule has 0 radical (unpaired) electrons. The minimum Gasteiger partial charge on any atom is -0.457 e. The summed E-state index contributed by atoms with van der Waals surface area (Å²) in [5.74, 6) is -0.412. The van der Waals surface area contributed by atoms with E-state index in [-0.39, 0.29) is 32.8 Å². The van der Waals surface area contributed by atoms with E-state index in [1.54, 1.807) is 0 Å². The van der Waals surface area contributed by atoms with Crippen LogP contribution in [-0.4, -0.2) is 49.9 Å². The number of rotatable bonds is 47. The van der Waals surface area contributed by atoms with Gasteiger partial charge in [0.25, 0.3) is 0 Å². The summed E-state index contributed by atoms with van der Waals surface area (Å²) in [5, 5.41) is 0. The molecule has 0 saturated heterocycles. The molecule has 3 N–H and O–H groups in total. The highest BCUT2D eigenvalue weighted by atomic mass is 31.2. The summed E-state index contributed by atoms with van der Waals surface area (Å²) in [6.07, 6.45) is 65.0. The lowest BCUT2D eigenvalue weighted by Gasteiger charge is -2.20. The molecule has 0 rings (SSSR count). The number of unbranched alkanes of at least 4 members (excludes halogenated alkanes) is 20. The number of phosphoric ester groups is 1. The first-order chi connectivity index (χ1) is 30.4. The second-order valence-corrected chi connectivity index (χ2v) is 17.7. The van der Waals surface area contributed by atoms with Gasteiger partial charge in [-0.25, -0.2) is 4.57 Å². The molecule has 0 bridgehead atoms. The van der Waals surface area contributed by atoms with Gasteiger partial charge >= 0.3 is 13.8 Å². The zero-order valence-electron chi connectivity index (χ0n) is 39.8. The Morgan fingerprint density at radius 1 is 0.500 bits per heavy atom. The van der Waals surface area contributed by atoms with Crippen molar-refractivity contribution in [1.82, 2.24) is 0 Å². The fourth-order valence-corrected chi connectivity index (χ4v) is 7.43. The molecular formula is C53H94NO7P. The topological polar surface area (TPSA) is 117 Å². The van der Waals surface area contributed by atoms with Gasteiger partial charge in [0.2, 0.25) is 0 Å². The maximum absolute atomic E-state index is 12.6. The summed E-state index contributed by atoms with van der Waals surface area (Å²) < 4.78 is 33.5. The molecule has 9 heteroatoms. The van der Waals surface area contributed by atoms with E-state index in [4.69, 9.17) is 24.3 Å². The summed E-state index contributed by atoms with van der Waals surface area (Å²) in [6.45, 7) is 4.71. The predicted molar refractivity (Wildman–Crippen MR) is 265 cm³/mol. The van der Waals surface area contributed by atoms with Crippen LogP contribution in [0.5, 0.6) is 0 Å². The number of esters is 1. The summed E-state index contributed by atoms with van der Waals surface area (Å²) in [6, 6.07) is 0. The number of carbonyl (C=O) groups excluding carboxylic acids is 1. The highest BCUT2D eigenvalue weighted by Crippen LogP contribution is 2.43. The average Bonchev–Trinajstić information content (AvgIpc) is 3.26. The van der Waals surface area contributed by atoms with Crippen molar-refractivity contribution in [3.8, 4) is 0 Å². The minimum absolute atomic E-state index is 0.0819. The molecule has 0 aromatic rings. The van der Waals surface area contributed by atoms with Gasteiger partial charge in [0.05, 0.1) is 19.8 Å². The molecule has 0 aromatic heterocycles. The van der Waals surface area contributed by atoms with Crippen molar-refractivity contribution >= 4 is 13.8 Å². The number of nitrogens with two attached hydrogens (primary N) is 1. The third-order valence-electron chi connectivity index (χ3n) is 10.3. The Morgan fingerprint density at radius 3 is 1.35 bits per heavy atom. The molecule has 358 valence electrons. The van der Waals surface area contributed by atoms with E-state index < -0.39 is 19.9 Å². The molecule has 8 nitrogen and oxygen atoms in total. The van der Waals surface area contributed by atoms with Crippen LogP contribution < -0.4 is 5.73 Å². The number of ether oxygens (including phenoxy) is 2. The molecule has 0 saturated carbocycles. The number of hydrogen-bond donors (Lipinski definition) is 2. The lowest BCUT2D eigenvalue weighted by molar-refractivity contribution is -0.154. The molecule has 2 unspecified atom stereocenters. The Morgan fingerprint density at radius 2 is 0.903 bits per heavy atom. The van der Waals surface area contributed by atoms with Crippen LogP contribution in [0.25, 0.3) is 0 Å². The quantitative estimate of drug-likeness (QED) is 0.0269. The summed E-state index contributed by atoms with van der Waals surface area (Å²) in [7, 11) is -4.31. The molecule has 2 atom stereocenters. The maximum Gasteiger partial charge on any atom is 0.472 e. The van der Waals surface area contributed by atoms with Gasteiger partial charge < -0.3 is 20.1 Å². The molecule has 0 fully saturated rings. The van der Waals surface area contributed by atoms with E-state index in [9.17, 15) is 14.3 Å². The Balaban J connectivity index is 4.04.